The highest BCUT2D eigenvalue weighted by atomic mass is 32.2. The Morgan fingerprint density at radius 2 is 1.97 bits per heavy atom. The summed E-state index contributed by atoms with van der Waals surface area (Å²) in [5.74, 6) is -0.113. The van der Waals surface area contributed by atoms with E-state index in [0.29, 0.717) is 29.0 Å². The number of carbonyl (C=O) groups excluding carboxylic acids is 2. The Balaban J connectivity index is 1.60. The maximum absolute atomic E-state index is 13.8. The van der Waals surface area contributed by atoms with Gasteiger partial charge in [-0.3, -0.25) is 9.59 Å². The topological polar surface area (TPSA) is 98.1 Å². The van der Waals surface area contributed by atoms with Gasteiger partial charge in [0.05, 0.1) is 30.7 Å². The average molecular weight is 458 g/mol. The molecule has 8 nitrogen and oxygen atoms in total. The first-order valence-corrected chi connectivity index (χ1v) is 10.9. The van der Waals surface area contributed by atoms with Crippen molar-refractivity contribution in [3.63, 3.8) is 0 Å². The molecule has 0 aliphatic rings. The molecule has 1 heterocycles. The Labute approximate surface area is 189 Å². The second-order valence-corrected chi connectivity index (χ2v) is 7.79. The first-order chi connectivity index (χ1) is 15.4. The first kappa shape index (κ1) is 23.3. The predicted molar refractivity (Wildman–Crippen MR) is 120 cm³/mol. The van der Waals surface area contributed by atoms with E-state index in [-0.39, 0.29) is 23.8 Å². The standard InChI is InChI=1S/C22H24FN5O3S/c1-4-28-19(12-24-21(30)15-7-5-6-8-16(15)23)26-27-22(28)32-13-20(29)25-17-11-14(2)9-10-18(17)31-3/h5-11H,4,12-13H2,1-3H3,(H,24,30)(H,25,29). The average Bonchev–Trinajstić information content (AvgIpc) is 3.18. The summed E-state index contributed by atoms with van der Waals surface area (Å²) in [5, 5.41) is 14.3. The summed E-state index contributed by atoms with van der Waals surface area (Å²) in [7, 11) is 1.55. The Morgan fingerprint density at radius 3 is 2.69 bits per heavy atom. The molecular weight excluding hydrogens is 433 g/mol. The Hall–Kier alpha value is -3.40. The monoisotopic (exact) mass is 457 g/mol. The summed E-state index contributed by atoms with van der Waals surface area (Å²) in [4.78, 5) is 24.7. The van der Waals surface area contributed by atoms with Gasteiger partial charge in [0.15, 0.2) is 11.0 Å². The number of ether oxygens (including phenoxy) is 1. The van der Waals surface area contributed by atoms with Crippen molar-refractivity contribution in [3.8, 4) is 5.75 Å². The van der Waals surface area contributed by atoms with Crippen molar-refractivity contribution in [1.82, 2.24) is 20.1 Å². The fourth-order valence-electron chi connectivity index (χ4n) is 3.01. The molecule has 2 amide bonds. The smallest absolute Gasteiger partial charge is 0.254 e. The van der Waals surface area contributed by atoms with Crippen LogP contribution in [0.3, 0.4) is 0 Å². The summed E-state index contributed by atoms with van der Waals surface area (Å²) >= 11 is 1.23. The molecule has 2 N–H and O–H groups in total. The lowest BCUT2D eigenvalue weighted by molar-refractivity contribution is -0.113. The summed E-state index contributed by atoms with van der Waals surface area (Å²) in [6.07, 6.45) is 0. The van der Waals surface area contributed by atoms with Crippen LogP contribution in [0.15, 0.2) is 47.6 Å². The summed E-state index contributed by atoms with van der Waals surface area (Å²) in [5.41, 5.74) is 1.57. The van der Waals surface area contributed by atoms with E-state index in [0.717, 1.165) is 5.56 Å². The van der Waals surface area contributed by atoms with Crippen molar-refractivity contribution in [2.45, 2.75) is 32.1 Å². The lowest BCUT2D eigenvalue weighted by Gasteiger charge is -2.11. The van der Waals surface area contributed by atoms with Crippen LogP contribution in [0, 0.1) is 12.7 Å². The summed E-state index contributed by atoms with van der Waals surface area (Å²) in [6.45, 7) is 4.47. The molecule has 0 bridgehead atoms. The van der Waals surface area contributed by atoms with Crippen LogP contribution >= 0.6 is 11.8 Å². The van der Waals surface area contributed by atoms with Crippen LogP contribution in [0.4, 0.5) is 10.1 Å². The van der Waals surface area contributed by atoms with Crippen molar-refractivity contribution in [3.05, 3.63) is 65.2 Å². The zero-order chi connectivity index (χ0) is 23.1. The number of hydrogen-bond acceptors (Lipinski definition) is 6. The van der Waals surface area contributed by atoms with Gasteiger partial charge in [-0.25, -0.2) is 4.39 Å². The fourth-order valence-corrected chi connectivity index (χ4v) is 3.83. The van der Waals surface area contributed by atoms with Crippen LogP contribution in [0.5, 0.6) is 5.75 Å². The van der Waals surface area contributed by atoms with E-state index in [1.54, 1.807) is 23.8 Å². The zero-order valence-electron chi connectivity index (χ0n) is 18.0. The fraction of sp³-hybridized carbons (Fsp3) is 0.273. The van der Waals surface area contributed by atoms with Gasteiger partial charge in [0.1, 0.15) is 11.6 Å². The van der Waals surface area contributed by atoms with Gasteiger partial charge in [-0.2, -0.15) is 0 Å². The molecule has 0 fully saturated rings. The molecule has 2 aromatic carbocycles. The highest BCUT2D eigenvalue weighted by Gasteiger charge is 2.16. The van der Waals surface area contributed by atoms with Crippen LogP contribution < -0.4 is 15.4 Å². The number of halogens is 1. The first-order valence-electron chi connectivity index (χ1n) is 9.95. The highest BCUT2D eigenvalue weighted by Crippen LogP contribution is 2.26. The van der Waals surface area contributed by atoms with Gasteiger partial charge in [0.25, 0.3) is 5.91 Å². The van der Waals surface area contributed by atoms with Gasteiger partial charge in [-0.15, -0.1) is 10.2 Å². The molecule has 0 saturated heterocycles. The van der Waals surface area contributed by atoms with Crippen LogP contribution in [0.25, 0.3) is 0 Å². The Bertz CT molecular complexity index is 1120. The lowest BCUT2D eigenvalue weighted by Crippen LogP contribution is -2.25. The molecule has 3 aromatic rings. The Morgan fingerprint density at radius 1 is 1.19 bits per heavy atom. The minimum Gasteiger partial charge on any atom is -0.495 e. The summed E-state index contributed by atoms with van der Waals surface area (Å²) < 4.78 is 20.9. The third kappa shape index (κ3) is 5.64. The van der Waals surface area contributed by atoms with Crippen LogP contribution in [-0.4, -0.2) is 39.4 Å². The van der Waals surface area contributed by atoms with Crippen LogP contribution in [0.1, 0.15) is 28.7 Å². The predicted octanol–water partition coefficient (Wildman–Crippen LogP) is 3.41. The number of aromatic nitrogens is 3. The number of hydrogen-bond donors (Lipinski definition) is 2. The minimum absolute atomic E-state index is 0.0343. The van der Waals surface area contributed by atoms with Crippen molar-refractivity contribution < 1.29 is 18.7 Å². The normalized spacial score (nSPS) is 10.6. The van der Waals surface area contributed by atoms with Crippen molar-refractivity contribution >= 4 is 29.3 Å². The van der Waals surface area contributed by atoms with Gasteiger partial charge in [-0.1, -0.05) is 30.0 Å². The number of benzene rings is 2. The van der Waals surface area contributed by atoms with Crippen molar-refractivity contribution in [2.24, 2.45) is 0 Å². The number of thioether (sulfide) groups is 1. The molecule has 10 heteroatoms. The number of nitrogens with one attached hydrogen (secondary N) is 2. The quantitative estimate of drug-likeness (QED) is 0.478. The highest BCUT2D eigenvalue weighted by molar-refractivity contribution is 7.99. The number of amides is 2. The number of carbonyl (C=O) groups is 2. The molecule has 0 radical (unpaired) electrons. The molecule has 0 saturated carbocycles. The lowest BCUT2D eigenvalue weighted by atomic mass is 10.2. The van der Waals surface area contributed by atoms with Gasteiger partial charge >= 0.3 is 0 Å². The van der Waals surface area contributed by atoms with Gasteiger partial charge in [-0.05, 0) is 43.7 Å². The van der Waals surface area contributed by atoms with Gasteiger partial charge < -0.3 is 19.9 Å². The molecule has 0 atom stereocenters. The van der Waals surface area contributed by atoms with E-state index < -0.39 is 11.7 Å². The largest absolute Gasteiger partial charge is 0.495 e. The van der Waals surface area contributed by atoms with E-state index in [1.807, 2.05) is 26.0 Å². The van der Waals surface area contributed by atoms with E-state index in [1.165, 1.54) is 30.0 Å². The second kappa shape index (κ2) is 10.8. The number of aryl methyl sites for hydroxylation is 1. The maximum atomic E-state index is 13.8. The van der Waals surface area contributed by atoms with E-state index in [9.17, 15) is 14.0 Å². The van der Waals surface area contributed by atoms with E-state index >= 15 is 0 Å². The SMILES string of the molecule is CCn1c(CNC(=O)c2ccccc2F)nnc1SCC(=O)Nc1cc(C)ccc1OC. The molecular formula is C22H24FN5O3S. The molecule has 168 valence electrons. The van der Waals surface area contributed by atoms with Gasteiger partial charge in [0.2, 0.25) is 5.91 Å². The van der Waals surface area contributed by atoms with E-state index in [2.05, 4.69) is 20.8 Å². The van der Waals surface area contributed by atoms with Crippen LogP contribution in [0.2, 0.25) is 0 Å². The molecule has 0 unspecified atom stereocenters. The van der Waals surface area contributed by atoms with Gasteiger partial charge in [0, 0.05) is 6.54 Å². The third-order valence-electron chi connectivity index (χ3n) is 4.60. The number of rotatable bonds is 9. The van der Waals surface area contributed by atoms with Crippen molar-refractivity contribution in [2.75, 3.05) is 18.2 Å². The maximum Gasteiger partial charge on any atom is 0.254 e. The van der Waals surface area contributed by atoms with Crippen LogP contribution in [-0.2, 0) is 17.9 Å². The molecule has 0 aliphatic carbocycles. The minimum atomic E-state index is -0.588. The van der Waals surface area contributed by atoms with Crippen molar-refractivity contribution in [1.29, 1.82) is 0 Å². The molecule has 0 spiro atoms. The number of methoxy groups -OCH3 is 1. The summed E-state index contributed by atoms with van der Waals surface area (Å²) in [6, 6.07) is 11.3. The molecule has 0 aliphatic heterocycles. The second-order valence-electron chi connectivity index (χ2n) is 6.85. The molecule has 1 aromatic heterocycles. The third-order valence-corrected chi connectivity index (χ3v) is 5.56. The van der Waals surface area contributed by atoms with E-state index in [4.69, 9.17) is 4.74 Å². The number of anilines is 1. The molecule has 32 heavy (non-hydrogen) atoms. The zero-order valence-corrected chi connectivity index (χ0v) is 18.8. The number of nitrogens with zero attached hydrogens (tertiary/aromatic N) is 3. The Kier molecular flexibility index (Phi) is 7.82. The molecule has 3 rings (SSSR count).